The molecule has 0 aliphatic rings. The second-order valence-electron chi connectivity index (χ2n) is 2.73. The van der Waals surface area contributed by atoms with Crippen LogP contribution in [-0.4, -0.2) is 0 Å². The molecule has 0 aromatic rings. The van der Waals surface area contributed by atoms with E-state index in [1.807, 2.05) is 6.08 Å². The van der Waals surface area contributed by atoms with Crippen LogP contribution >= 0.6 is 0 Å². The summed E-state index contributed by atoms with van der Waals surface area (Å²) in [6.45, 7) is 5.88. The summed E-state index contributed by atoms with van der Waals surface area (Å²) in [6.07, 6.45) is 14.6. The molecule has 0 aliphatic heterocycles. The summed E-state index contributed by atoms with van der Waals surface area (Å²) in [5.74, 6) is 0. The molecular formula is C11H19. The molecule has 0 heterocycles. The van der Waals surface area contributed by atoms with Crippen molar-refractivity contribution in [1.29, 1.82) is 0 Å². The Morgan fingerprint density at radius 3 is 2.73 bits per heavy atom. The predicted octanol–water partition coefficient (Wildman–Crippen LogP) is 3.89. The number of rotatable bonds is 7. The van der Waals surface area contributed by atoms with Crippen LogP contribution in [0.15, 0.2) is 18.7 Å². The number of allylic oxidation sites excluding steroid dienone is 3. The van der Waals surface area contributed by atoms with Crippen LogP contribution in [0.1, 0.15) is 45.4 Å². The van der Waals surface area contributed by atoms with E-state index < -0.39 is 0 Å². The molecule has 63 valence electrons. The van der Waals surface area contributed by atoms with E-state index in [1.165, 1.54) is 25.7 Å². The van der Waals surface area contributed by atoms with E-state index in [9.17, 15) is 0 Å². The van der Waals surface area contributed by atoms with Gasteiger partial charge in [-0.2, -0.15) is 0 Å². The van der Waals surface area contributed by atoms with E-state index in [4.69, 9.17) is 0 Å². The largest absolute Gasteiger partial charge is 0.103 e. The Kier molecular flexibility index (Phi) is 9.03. The Bertz CT molecular complexity index is 101. The van der Waals surface area contributed by atoms with Gasteiger partial charge < -0.3 is 0 Å². The van der Waals surface area contributed by atoms with E-state index in [0.29, 0.717) is 0 Å². The van der Waals surface area contributed by atoms with Crippen LogP contribution in [0.25, 0.3) is 0 Å². The van der Waals surface area contributed by atoms with Crippen LogP contribution in [0, 0.1) is 6.08 Å². The second kappa shape index (κ2) is 9.48. The molecule has 0 spiro atoms. The first-order valence-electron chi connectivity index (χ1n) is 4.57. The molecule has 0 saturated carbocycles. The average molecular weight is 151 g/mol. The Hall–Kier alpha value is -0.520. The first-order chi connectivity index (χ1) is 5.41. The maximum atomic E-state index is 3.65. The SMILES string of the molecule is C=CCC/[C]=C/CCCCC. The zero-order chi connectivity index (χ0) is 8.36. The Labute approximate surface area is 71.0 Å². The third kappa shape index (κ3) is 9.48. The summed E-state index contributed by atoms with van der Waals surface area (Å²) in [6, 6.07) is 0. The van der Waals surface area contributed by atoms with Gasteiger partial charge in [0.05, 0.1) is 0 Å². The molecule has 0 aromatic carbocycles. The summed E-state index contributed by atoms with van der Waals surface area (Å²) < 4.78 is 0. The minimum absolute atomic E-state index is 1.04. The molecule has 0 aliphatic carbocycles. The molecule has 0 fully saturated rings. The quantitative estimate of drug-likeness (QED) is 0.382. The lowest BCUT2D eigenvalue weighted by Crippen LogP contribution is -1.71. The monoisotopic (exact) mass is 151 g/mol. The minimum Gasteiger partial charge on any atom is -0.103 e. The fourth-order valence-electron chi connectivity index (χ4n) is 0.886. The summed E-state index contributed by atoms with van der Waals surface area (Å²) in [7, 11) is 0. The summed E-state index contributed by atoms with van der Waals surface area (Å²) >= 11 is 0. The highest BCUT2D eigenvalue weighted by atomic mass is 13.9. The highest BCUT2D eigenvalue weighted by Crippen LogP contribution is 2.00. The first kappa shape index (κ1) is 10.5. The smallest absolute Gasteiger partial charge is 0.0245 e. The lowest BCUT2D eigenvalue weighted by molar-refractivity contribution is 0.727. The highest BCUT2D eigenvalue weighted by molar-refractivity contribution is 4.77. The fraction of sp³-hybridized carbons (Fsp3) is 0.636. The van der Waals surface area contributed by atoms with Crippen LogP contribution in [0.4, 0.5) is 0 Å². The third-order valence-electron chi connectivity index (χ3n) is 1.59. The molecule has 1 radical (unpaired) electrons. The van der Waals surface area contributed by atoms with Crippen molar-refractivity contribution in [2.45, 2.75) is 45.4 Å². The fourth-order valence-corrected chi connectivity index (χ4v) is 0.886. The lowest BCUT2D eigenvalue weighted by atomic mass is 10.2. The molecule has 0 amide bonds. The van der Waals surface area contributed by atoms with Crippen molar-refractivity contribution >= 4 is 0 Å². The Morgan fingerprint density at radius 1 is 1.27 bits per heavy atom. The molecule has 0 aromatic heterocycles. The standard InChI is InChI=1S/C11H19/c1-3-5-7-9-11-10-8-6-4-2/h3,11H,1,4-8,10H2,2H3. The van der Waals surface area contributed by atoms with Crippen molar-refractivity contribution in [3.05, 3.63) is 24.8 Å². The molecule has 0 heteroatoms. The normalized spacial score (nSPS) is 10.6. The summed E-state index contributed by atoms with van der Waals surface area (Å²) in [4.78, 5) is 0. The van der Waals surface area contributed by atoms with E-state index >= 15 is 0 Å². The van der Waals surface area contributed by atoms with E-state index in [0.717, 1.165) is 12.8 Å². The summed E-state index contributed by atoms with van der Waals surface area (Å²) in [5, 5.41) is 0. The van der Waals surface area contributed by atoms with Crippen molar-refractivity contribution in [1.82, 2.24) is 0 Å². The second-order valence-corrected chi connectivity index (χ2v) is 2.73. The van der Waals surface area contributed by atoms with Gasteiger partial charge in [-0.25, -0.2) is 0 Å². The average Bonchev–Trinajstić information content (AvgIpc) is 2.03. The molecule has 0 nitrogen and oxygen atoms in total. The van der Waals surface area contributed by atoms with Crippen LogP contribution in [0.3, 0.4) is 0 Å². The predicted molar refractivity (Wildman–Crippen MR) is 51.4 cm³/mol. The molecule has 0 rings (SSSR count). The lowest BCUT2D eigenvalue weighted by Gasteiger charge is -1.90. The molecule has 0 N–H and O–H groups in total. The zero-order valence-electron chi connectivity index (χ0n) is 7.60. The number of unbranched alkanes of at least 4 members (excludes halogenated alkanes) is 4. The van der Waals surface area contributed by atoms with Gasteiger partial charge in [0.2, 0.25) is 0 Å². The van der Waals surface area contributed by atoms with Crippen molar-refractivity contribution < 1.29 is 0 Å². The molecular weight excluding hydrogens is 132 g/mol. The van der Waals surface area contributed by atoms with E-state index in [1.54, 1.807) is 0 Å². The molecule has 0 atom stereocenters. The van der Waals surface area contributed by atoms with Crippen LogP contribution in [0.2, 0.25) is 0 Å². The van der Waals surface area contributed by atoms with Crippen LogP contribution in [-0.2, 0) is 0 Å². The third-order valence-corrected chi connectivity index (χ3v) is 1.59. The number of hydrogen-bond donors (Lipinski definition) is 0. The summed E-state index contributed by atoms with van der Waals surface area (Å²) in [5.41, 5.74) is 0. The maximum Gasteiger partial charge on any atom is -0.0245 e. The zero-order valence-corrected chi connectivity index (χ0v) is 7.60. The van der Waals surface area contributed by atoms with Gasteiger partial charge in [0.25, 0.3) is 0 Å². The van der Waals surface area contributed by atoms with Crippen molar-refractivity contribution in [3.8, 4) is 0 Å². The van der Waals surface area contributed by atoms with Gasteiger partial charge in [-0.15, -0.1) is 6.58 Å². The Morgan fingerprint density at radius 2 is 2.09 bits per heavy atom. The van der Waals surface area contributed by atoms with Crippen LogP contribution < -0.4 is 0 Å². The van der Waals surface area contributed by atoms with Gasteiger partial charge in [0, 0.05) is 0 Å². The topological polar surface area (TPSA) is 0 Å². The molecule has 11 heavy (non-hydrogen) atoms. The van der Waals surface area contributed by atoms with Gasteiger partial charge in [0.1, 0.15) is 0 Å². The van der Waals surface area contributed by atoms with Gasteiger partial charge in [-0.05, 0) is 31.8 Å². The Balaban J connectivity index is 2.97. The van der Waals surface area contributed by atoms with Gasteiger partial charge >= 0.3 is 0 Å². The van der Waals surface area contributed by atoms with Gasteiger partial charge in [0.15, 0.2) is 0 Å². The van der Waals surface area contributed by atoms with Crippen molar-refractivity contribution in [3.63, 3.8) is 0 Å². The van der Waals surface area contributed by atoms with Gasteiger partial charge in [-0.3, -0.25) is 0 Å². The van der Waals surface area contributed by atoms with E-state index in [2.05, 4.69) is 25.7 Å². The number of hydrogen-bond acceptors (Lipinski definition) is 0. The minimum atomic E-state index is 1.04. The van der Waals surface area contributed by atoms with Crippen LogP contribution in [0.5, 0.6) is 0 Å². The maximum absolute atomic E-state index is 3.65. The first-order valence-corrected chi connectivity index (χ1v) is 4.57. The molecule has 0 saturated heterocycles. The highest BCUT2D eigenvalue weighted by Gasteiger charge is 1.81. The van der Waals surface area contributed by atoms with Crippen molar-refractivity contribution in [2.75, 3.05) is 0 Å². The van der Waals surface area contributed by atoms with Gasteiger partial charge in [-0.1, -0.05) is 31.9 Å². The van der Waals surface area contributed by atoms with E-state index in [-0.39, 0.29) is 0 Å². The van der Waals surface area contributed by atoms with Crippen molar-refractivity contribution in [2.24, 2.45) is 0 Å². The molecule has 0 unspecified atom stereocenters. The molecule has 0 bridgehead atoms.